The second-order valence-corrected chi connectivity index (χ2v) is 6.87. The van der Waals surface area contributed by atoms with E-state index in [-0.39, 0.29) is 0 Å². The summed E-state index contributed by atoms with van der Waals surface area (Å²) >= 11 is 2.00. The molecule has 0 aromatic carbocycles. The Morgan fingerprint density at radius 1 is 1.13 bits per heavy atom. The minimum absolute atomic E-state index is 0.459. The molecule has 2 aliphatic rings. The Kier molecular flexibility index (Phi) is 3.27. The Hall–Kier alpha value is 0.180. The molecule has 0 aromatic rings. The Morgan fingerprint density at radius 2 is 1.73 bits per heavy atom. The first-order chi connectivity index (χ1) is 7.05. The van der Waals surface area contributed by atoms with E-state index in [9.17, 15) is 0 Å². The molecule has 2 heteroatoms. The number of rotatable bonds is 2. The Balaban J connectivity index is 1.97. The summed E-state index contributed by atoms with van der Waals surface area (Å²) in [6.07, 6.45) is 6.51. The number of hydrogen-bond donors (Lipinski definition) is 0. The fourth-order valence-electron chi connectivity index (χ4n) is 2.96. The lowest BCUT2D eigenvalue weighted by Gasteiger charge is -2.24. The first-order valence-electron chi connectivity index (χ1n) is 6.20. The normalized spacial score (nSPS) is 33.2. The number of nitrogens with zero attached hydrogens (tertiary/aromatic N) is 1. The third kappa shape index (κ3) is 2.31. The summed E-state index contributed by atoms with van der Waals surface area (Å²) in [4.78, 5) is 2.73. The van der Waals surface area contributed by atoms with Gasteiger partial charge in [-0.25, -0.2) is 0 Å². The summed E-state index contributed by atoms with van der Waals surface area (Å²) in [6, 6.07) is 0.806. The number of hydrogen-bond acceptors (Lipinski definition) is 2. The van der Waals surface area contributed by atoms with Crippen molar-refractivity contribution in [1.82, 2.24) is 4.90 Å². The second-order valence-electron chi connectivity index (χ2n) is 5.99. The summed E-state index contributed by atoms with van der Waals surface area (Å²) < 4.78 is 0. The molecule has 1 nitrogen and oxygen atoms in total. The Labute approximate surface area is 99.0 Å². The predicted molar refractivity (Wildman–Crippen MR) is 68.9 cm³/mol. The number of thioether (sulfide) groups is 1. The first kappa shape index (κ1) is 11.7. The highest BCUT2D eigenvalue weighted by Gasteiger charge is 2.71. The maximum Gasteiger partial charge on any atom is 0.212 e. The highest BCUT2D eigenvalue weighted by molar-refractivity contribution is 8.01. The van der Waals surface area contributed by atoms with Crippen molar-refractivity contribution in [1.29, 1.82) is 0 Å². The Bertz CT molecular complexity index is 215. The molecule has 0 amide bonds. The topological polar surface area (TPSA) is 3.24 Å². The lowest BCUT2D eigenvalue weighted by molar-refractivity contribution is 0.187. The van der Waals surface area contributed by atoms with Crippen LogP contribution in [-0.2, 0) is 0 Å². The molecule has 1 saturated heterocycles. The fourth-order valence-corrected chi connectivity index (χ4v) is 4.16. The molecule has 1 aliphatic carbocycles. The zero-order valence-electron chi connectivity index (χ0n) is 10.5. The molecular formula is C13H24NS+. The summed E-state index contributed by atoms with van der Waals surface area (Å²) in [7, 11) is 0. The van der Waals surface area contributed by atoms with E-state index >= 15 is 0 Å². The van der Waals surface area contributed by atoms with E-state index in [1.165, 1.54) is 32.4 Å². The van der Waals surface area contributed by atoms with Gasteiger partial charge in [0.2, 0.25) is 6.04 Å². The summed E-state index contributed by atoms with van der Waals surface area (Å²) in [5.74, 6) is 0.839. The van der Waals surface area contributed by atoms with Crippen molar-refractivity contribution >= 4 is 11.8 Å². The minimum Gasteiger partial charge on any atom is -0.258 e. The van der Waals surface area contributed by atoms with Crippen LogP contribution >= 0.6 is 11.8 Å². The van der Waals surface area contributed by atoms with Crippen molar-refractivity contribution in [2.75, 3.05) is 19.3 Å². The van der Waals surface area contributed by atoms with Crippen LogP contribution in [0.15, 0.2) is 0 Å². The molecule has 0 N–H and O–H groups in total. The molecule has 1 heterocycles. The van der Waals surface area contributed by atoms with Crippen molar-refractivity contribution in [3.8, 4) is 0 Å². The molecule has 86 valence electrons. The second kappa shape index (κ2) is 4.21. The quantitative estimate of drug-likeness (QED) is 0.664. The molecule has 2 rings (SSSR count). The van der Waals surface area contributed by atoms with Crippen LogP contribution in [0.1, 0.15) is 40.0 Å². The average Bonchev–Trinajstić information content (AvgIpc) is 2.92. The predicted octanol–water partition coefficient (Wildman–Crippen LogP) is 3.41. The van der Waals surface area contributed by atoms with Crippen LogP contribution in [0, 0.1) is 16.6 Å². The van der Waals surface area contributed by atoms with Gasteiger partial charge in [-0.15, -0.1) is 0 Å². The average molecular weight is 226 g/mol. The lowest BCUT2D eigenvalue weighted by atomic mass is 9.89. The molecule has 1 aliphatic heterocycles. The van der Waals surface area contributed by atoms with Crippen molar-refractivity contribution in [2.24, 2.45) is 11.3 Å². The fraction of sp³-hybridized carbons (Fsp3) is 0.923. The molecule has 0 radical (unpaired) electrons. The molecule has 1 saturated carbocycles. The van der Waals surface area contributed by atoms with E-state index in [4.69, 9.17) is 0 Å². The van der Waals surface area contributed by atoms with Crippen LogP contribution in [0.2, 0.25) is 0 Å². The van der Waals surface area contributed by atoms with E-state index < -0.39 is 0 Å². The van der Waals surface area contributed by atoms with Gasteiger partial charge in [-0.2, -0.15) is 0 Å². The van der Waals surface area contributed by atoms with Gasteiger partial charge in [-0.1, -0.05) is 27.2 Å². The molecule has 0 spiro atoms. The van der Waals surface area contributed by atoms with Crippen LogP contribution in [0.5, 0.6) is 0 Å². The third-order valence-electron chi connectivity index (χ3n) is 3.76. The zero-order valence-corrected chi connectivity index (χ0v) is 11.4. The van der Waals surface area contributed by atoms with Crippen molar-refractivity contribution in [3.05, 3.63) is 5.25 Å². The van der Waals surface area contributed by atoms with Gasteiger partial charge in [0.1, 0.15) is 0 Å². The van der Waals surface area contributed by atoms with Crippen molar-refractivity contribution in [2.45, 2.75) is 46.1 Å². The first-order valence-corrected chi connectivity index (χ1v) is 7.43. The van der Waals surface area contributed by atoms with Gasteiger partial charge in [0.15, 0.2) is 11.2 Å². The maximum atomic E-state index is 2.73. The van der Waals surface area contributed by atoms with Gasteiger partial charge in [0, 0.05) is 24.8 Å². The van der Waals surface area contributed by atoms with E-state index in [0.29, 0.717) is 5.41 Å². The lowest BCUT2D eigenvalue weighted by Crippen LogP contribution is -2.34. The van der Waals surface area contributed by atoms with Crippen LogP contribution in [0.3, 0.4) is 0 Å². The molecule has 2 fully saturated rings. The largest absolute Gasteiger partial charge is 0.258 e. The van der Waals surface area contributed by atoms with Gasteiger partial charge in [0.25, 0.3) is 0 Å². The van der Waals surface area contributed by atoms with Crippen LogP contribution in [0.25, 0.3) is 0 Å². The van der Waals surface area contributed by atoms with E-state index in [2.05, 4.69) is 31.9 Å². The van der Waals surface area contributed by atoms with Crippen molar-refractivity contribution < 1.29 is 0 Å². The minimum atomic E-state index is 0.459. The van der Waals surface area contributed by atoms with Crippen LogP contribution in [-0.4, -0.2) is 30.3 Å². The number of piperidine rings is 1. The highest BCUT2D eigenvalue weighted by Crippen LogP contribution is 2.60. The van der Waals surface area contributed by atoms with Crippen molar-refractivity contribution in [3.63, 3.8) is 0 Å². The van der Waals surface area contributed by atoms with Gasteiger partial charge >= 0.3 is 0 Å². The van der Waals surface area contributed by atoms with Gasteiger partial charge in [-0.3, -0.25) is 4.90 Å². The molecule has 0 aromatic heterocycles. The highest BCUT2D eigenvalue weighted by atomic mass is 32.2. The smallest absolute Gasteiger partial charge is 0.212 e. The van der Waals surface area contributed by atoms with E-state index in [0.717, 1.165) is 12.0 Å². The van der Waals surface area contributed by atoms with Crippen LogP contribution < -0.4 is 0 Å². The maximum absolute atomic E-state index is 2.73. The third-order valence-corrected chi connectivity index (χ3v) is 4.72. The molecule has 2 atom stereocenters. The van der Waals surface area contributed by atoms with E-state index in [1.807, 2.05) is 11.8 Å². The molecule has 2 unspecified atom stereocenters. The summed E-state index contributed by atoms with van der Waals surface area (Å²) in [6.45, 7) is 9.83. The molecule has 0 bridgehead atoms. The standard InChI is InChI=1S/C13H24NS/c1-13(2,3)10-11(12(10)15-4)14-8-6-5-7-9-14/h10-11H,5-9H2,1-4H3/q+1. The monoisotopic (exact) mass is 226 g/mol. The van der Waals surface area contributed by atoms with Crippen LogP contribution in [0.4, 0.5) is 0 Å². The SMILES string of the molecule is CS[C+]1C(N2CCCCC2)C1C(C)(C)C. The van der Waals surface area contributed by atoms with Gasteiger partial charge < -0.3 is 0 Å². The summed E-state index contributed by atoms with van der Waals surface area (Å²) in [5.41, 5.74) is 0.459. The summed E-state index contributed by atoms with van der Waals surface area (Å²) in [5, 5.41) is 1.74. The van der Waals surface area contributed by atoms with Gasteiger partial charge in [0.05, 0.1) is 11.8 Å². The van der Waals surface area contributed by atoms with Gasteiger partial charge in [-0.05, 0) is 12.8 Å². The Morgan fingerprint density at radius 3 is 2.13 bits per heavy atom. The van der Waals surface area contributed by atoms with E-state index in [1.54, 1.807) is 5.25 Å². The molecular weight excluding hydrogens is 202 g/mol. The number of likely N-dealkylation sites (tertiary alicyclic amines) is 1. The molecule has 15 heavy (non-hydrogen) atoms. The zero-order chi connectivity index (χ0) is 11.1.